The Morgan fingerprint density at radius 3 is 2.04 bits per heavy atom. The van der Waals surface area contributed by atoms with Crippen molar-refractivity contribution in [2.75, 3.05) is 23.3 Å². The Morgan fingerprint density at radius 2 is 1.56 bits per heavy atom. The number of aryl methyl sites for hydroxylation is 1. The number of fused-ring (bicyclic) bond motifs is 1. The van der Waals surface area contributed by atoms with Crippen LogP contribution in [0.1, 0.15) is 28.9 Å². The van der Waals surface area contributed by atoms with Gasteiger partial charge in [-0.3, -0.25) is 14.2 Å². The number of hydrogen-bond acceptors (Lipinski definition) is 9. The molecule has 0 radical (unpaired) electrons. The summed E-state index contributed by atoms with van der Waals surface area (Å²) >= 11 is 0. The van der Waals surface area contributed by atoms with Crippen molar-refractivity contribution in [3.63, 3.8) is 0 Å². The van der Waals surface area contributed by atoms with E-state index < -0.39 is 32.7 Å². The molecule has 3 aromatic heterocycles. The smallest absolute Gasteiger partial charge is 0.263 e. The fraction of sp³-hybridized carbons (Fsp3) is 0.458. The lowest BCUT2D eigenvalue weighted by Crippen LogP contribution is -2.74. The molecule has 1 aliphatic carbocycles. The van der Waals surface area contributed by atoms with E-state index in [0.717, 1.165) is 18.8 Å². The second kappa shape index (κ2) is 10.4. The van der Waals surface area contributed by atoms with Gasteiger partial charge in [0.15, 0.2) is 5.78 Å². The zero-order valence-corrected chi connectivity index (χ0v) is 29.3. The number of carbonyl (C=O) groups excluding carboxylic acids is 1. The molecule has 3 N–H and O–H groups in total. The average Bonchev–Trinajstić information content (AvgIpc) is 2.96. The van der Waals surface area contributed by atoms with Crippen LogP contribution in [0.5, 0.6) is 0 Å². The van der Waals surface area contributed by atoms with Gasteiger partial charge in [-0.1, -0.05) is 10.4 Å². The molecule has 1 saturated carbocycles. The van der Waals surface area contributed by atoms with Gasteiger partial charge in [0, 0.05) is 36.2 Å². The van der Waals surface area contributed by atoms with Gasteiger partial charge in [-0.05, 0) is 47.4 Å². The highest BCUT2D eigenvalue weighted by molar-refractivity contribution is 6.62. The molecule has 1 saturated heterocycles. The number of Topliss-reactive ketones (excluding diaryl/α,β-unsaturated/α-hetero) is 1. The summed E-state index contributed by atoms with van der Waals surface area (Å²) in [5.74, 6) is 0.545. The lowest BCUT2D eigenvalue weighted by Gasteiger charge is -2.55. The van der Waals surface area contributed by atoms with Crippen molar-refractivity contribution in [3.05, 3.63) is 46.0 Å². The predicted octanol–water partition coefficient (Wildman–Crippen LogP) is -9.29. The average molecular weight is 594 g/mol. The third-order valence-electron chi connectivity index (χ3n) is 11.8. The molecule has 2 unspecified atom stereocenters. The van der Waals surface area contributed by atoms with Crippen LogP contribution in [0.25, 0.3) is 11.0 Å². The number of rotatable bonds is 5. The first-order valence-corrected chi connectivity index (χ1v) is 15.9. The molecule has 4 heterocycles. The van der Waals surface area contributed by atoms with Crippen LogP contribution in [0.3, 0.4) is 0 Å². The van der Waals surface area contributed by atoms with Crippen LogP contribution in [0.15, 0.2) is 29.3 Å². The molecule has 0 aromatic carbocycles. The molecule has 2 atom stereocenters. The van der Waals surface area contributed by atoms with Gasteiger partial charge in [-0.15, -0.1) is 0 Å². The number of nitrogens with zero attached hydrogens (tertiary/aromatic N) is 5. The van der Waals surface area contributed by atoms with Crippen molar-refractivity contribution in [2.24, 2.45) is 0 Å². The molecule has 2 aliphatic rings. The highest BCUT2D eigenvalue weighted by Crippen LogP contribution is 2.73. The minimum atomic E-state index is -1.14. The maximum Gasteiger partial charge on any atom is 0.263 e. The molecular formula is C24H40B11N7O3. The molecule has 45 heavy (non-hydrogen) atoms. The van der Waals surface area contributed by atoms with Crippen LogP contribution in [0, 0.1) is 6.92 Å². The van der Waals surface area contributed by atoms with Crippen molar-refractivity contribution in [3.8, 4) is 0 Å². The maximum absolute atomic E-state index is 14.4. The normalized spacial score (nSPS) is 25.9. The lowest BCUT2D eigenvalue weighted by molar-refractivity contribution is 0.101. The van der Waals surface area contributed by atoms with Gasteiger partial charge in [0.2, 0.25) is 5.95 Å². The minimum absolute atomic E-state index is 0.0961. The summed E-state index contributed by atoms with van der Waals surface area (Å²) in [5.41, 5.74) is 0.570. The van der Waals surface area contributed by atoms with Crippen molar-refractivity contribution in [1.82, 2.24) is 24.8 Å². The number of aromatic nitrogens is 4. The highest BCUT2D eigenvalue weighted by atomic mass is 16.3. The zero-order chi connectivity index (χ0) is 33.7. The van der Waals surface area contributed by atoms with Crippen LogP contribution in [0.2, 0.25) is 15.6 Å². The zero-order valence-electron chi connectivity index (χ0n) is 29.3. The Hall–Kier alpha value is -2.66. The Labute approximate surface area is 275 Å². The summed E-state index contributed by atoms with van der Waals surface area (Å²) < 4.78 is 1.65. The third kappa shape index (κ3) is 4.81. The number of carbonyl (C=O) groups is 1. The molecule has 222 valence electrons. The standard InChI is InChI=1S/C24H40B11N7O3/c1-9-12-6-38-18(39-13-4-3-11(5-37-13)42-19(25,26)7-36-8-20(42,27)28)40-15(12)41(16(44)14(9)10(2)43)17-21(29,30)23(33,34)24(35,45)22(17,31)32/h3-6,17,36,45H,7-8,25-35H2,1-2H3,(H,37,38,39,40). The van der Waals surface area contributed by atoms with E-state index in [1.807, 2.05) is 51.5 Å². The molecular weight excluding hydrogens is 553 g/mol. The number of ketones is 1. The molecule has 0 amide bonds. The number of hydrogen-bond donors (Lipinski definition) is 3. The lowest BCUT2D eigenvalue weighted by atomic mass is 9.25. The van der Waals surface area contributed by atoms with Crippen LogP contribution >= 0.6 is 0 Å². The Balaban J connectivity index is 1.64. The van der Waals surface area contributed by atoms with E-state index in [-0.39, 0.29) is 28.0 Å². The van der Waals surface area contributed by atoms with E-state index in [2.05, 4.69) is 73.7 Å². The van der Waals surface area contributed by atoms with Gasteiger partial charge >= 0.3 is 0 Å². The second-order valence-electron chi connectivity index (χ2n) is 16.3. The third-order valence-corrected chi connectivity index (χ3v) is 11.8. The Kier molecular flexibility index (Phi) is 7.81. The predicted molar refractivity (Wildman–Crippen MR) is 213 cm³/mol. The molecule has 0 spiro atoms. The van der Waals surface area contributed by atoms with Crippen molar-refractivity contribution < 1.29 is 9.90 Å². The van der Waals surface area contributed by atoms with E-state index in [0.29, 0.717) is 22.4 Å². The largest absolute Gasteiger partial charge is 0.401 e. The van der Waals surface area contributed by atoms with E-state index in [1.165, 1.54) is 6.92 Å². The van der Waals surface area contributed by atoms with E-state index in [1.54, 1.807) is 17.7 Å². The summed E-state index contributed by atoms with van der Waals surface area (Å²) in [6.07, 6.45) is 3.53. The molecule has 0 bridgehead atoms. The maximum atomic E-state index is 14.4. The number of nitrogens with one attached hydrogen (secondary N) is 2. The molecule has 3 aromatic rings. The number of pyridine rings is 2. The fourth-order valence-electron chi connectivity index (χ4n) is 8.69. The van der Waals surface area contributed by atoms with Crippen LogP contribution < -0.4 is 21.1 Å². The van der Waals surface area contributed by atoms with Gasteiger partial charge in [0.25, 0.3) is 5.56 Å². The van der Waals surface area contributed by atoms with Gasteiger partial charge in [-0.2, -0.15) is 4.98 Å². The Morgan fingerprint density at radius 1 is 0.956 bits per heavy atom. The van der Waals surface area contributed by atoms with Crippen LogP contribution in [0.4, 0.5) is 17.5 Å². The van der Waals surface area contributed by atoms with E-state index >= 15 is 0 Å². The first-order valence-electron chi connectivity index (χ1n) is 15.9. The van der Waals surface area contributed by atoms with Gasteiger partial charge in [-0.25, -0.2) is 9.97 Å². The van der Waals surface area contributed by atoms with Gasteiger partial charge in [0.05, 0.1) is 17.4 Å². The van der Waals surface area contributed by atoms with Gasteiger partial charge < -0.3 is 20.6 Å². The minimum Gasteiger partial charge on any atom is -0.401 e. The topological polar surface area (TPSA) is 125 Å². The van der Waals surface area contributed by atoms with Crippen molar-refractivity contribution in [1.29, 1.82) is 0 Å². The van der Waals surface area contributed by atoms with Gasteiger partial charge in [0.1, 0.15) is 97.8 Å². The molecule has 5 rings (SSSR count). The van der Waals surface area contributed by atoms with Crippen LogP contribution in [-0.4, -0.2) is 146 Å². The van der Waals surface area contributed by atoms with Crippen molar-refractivity contribution in [2.45, 2.75) is 51.7 Å². The van der Waals surface area contributed by atoms with Crippen molar-refractivity contribution >= 4 is 121 Å². The SMILES string of the molecule is BC1(B)CNCC(B)(B)N1c1ccc(Nc2ncc3c(C)c(C(C)=O)c(=O)n(C4C(B)(B)C(B)(B)C(B)(O)C4(B)B)c3n2)nc1. The summed E-state index contributed by atoms with van der Waals surface area (Å²) in [6, 6.07) is 3.48. The number of aliphatic hydroxyl groups is 1. The Bertz CT molecular complexity index is 1720. The summed E-state index contributed by atoms with van der Waals surface area (Å²) in [7, 11) is 23.0. The second-order valence-corrected chi connectivity index (χ2v) is 16.3. The monoisotopic (exact) mass is 595 g/mol. The molecule has 10 nitrogen and oxygen atoms in total. The fourth-order valence-corrected chi connectivity index (χ4v) is 8.69. The number of piperazine rings is 1. The molecule has 21 heteroatoms. The van der Waals surface area contributed by atoms with E-state index in [9.17, 15) is 14.7 Å². The molecule has 1 aliphatic heterocycles. The highest BCUT2D eigenvalue weighted by Gasteiger charge is 2.69. The first kappa shape index (κ1) is 33.7. The van der Waals surface area contributed by atoms with E-state index in [4.69, 9.17) is 9.97 Å². The first-order chi connectivity index (χ1) is 20.5. The summed E-state index contributed by atoms with van der Waals surface area (Å²) in [5, 5.41) is 17.3. The quantitative estimate of drug-likeness (QED) is 0.196. The summed E-state index contributed by atoms with van der Waals surface area (Å²) in [6.45, 7) is 4.93. The van der Waals surface area contributed by atoms with Crippen LogP contribution in [-0.2, 0) is 0 Å². The number of anilines is 3. The molecule has 2 fully saturated rings. The summed E-state index contributed by atoms with van der Waals surface area (Å²) in [4.78, 5) is 43.9.